The van der Waals surface area contributed by atoms with E-state index >= 15 is 0 Å². The second-order valence-electron chi connectivity index (χ2n) is 5.11. The quantitative estimate of drug-likeness (QED) is 0.681. The van der Waals surface area contributed by atoms with Gasteiger partial charge >= 0.3 is 0 Å². The third-order valence-corrected chi connectivity index (χ3v) is 4.24. The highest BCUT2D eigenvalue weighted by Crippen LogP contribution is 2.30. The number of pyridine rings is 1. The molecule has 0 spiro atoms. The van der Waals surface area contributed by atoms with Crippen molar-refractivity contribution in [1.29, 1.82) is 0 Å². The van der Waals surface area contributed by atoms with E-state index in [0.29, 0.717) is 22.8 Å². The van der Waals surface area contributed by atoms with Crippen LogP contribution in [0.3, 0.4) is 0 Å². The molecule has 0 bridgehead atoms. The Morgan fingerprint density at radius 1 is 1.33 bits per heavy atom. The summed E-state index contributed by atoms with van der Waals surface area (Å²) in [6.07, 6.45) is -2.82. The fourth-order valence-electron chi connectivity index (χ4n) is 2.54. The third kappa shape index (κ3) is 2.85. The third-order valence-electron chi connectivity index (χ3n) is 3.67. The highest BCUT2D eigenvalue weighted by atomic mass is 35.5. The van der Waals surface area contributed by atoms with Crippen LogP contribution in [0.1, 0.15) is 18.9 Å². The summed E-state index contributed by atoms with van der Waals surface area (Å²) in [5.41, 5.74) is 0.0660. The second kappa shape index (κ2) is 6.41. The number of aryl methyl sites for hydroxylation is 1. The number of alkyl halides is 2. The minimum atomic E-state index is -2.82. The Bertz CT molecular complexity index is 1030. The predicted molar refractivity (Wildman–Crippen MR) is 92.3 cm³/mol. The minimum Gasteiger partial charge on any atom is -0.303 e. The number of hydrogen-bond acceptors (Lipinski definition) is 3. The summed E-state index contributed by atoms with van der Waals surface area (Å²) < 4.78 is 28.7. The molecule has 0 amide bonds. The van der Waals surface area contributed by atoms with Gasteiger partial charge in [-0.05, 0) is 37.3 Å². The van der Waals surface area contributed by atoms with Crippen LogP contribution in [0.15, 0.2) is 35.1 Å². The Balaban J connectivity index is 2.44. The van der Waals surface area contributed by atoms with Crippen LogP contribution < -0.4 is 5.56 Å². The predicted octanol–water partition coefficient (Wildman–Crippen LogP) is 4.73. The number of halogens is 3. The zero-order valence-electron chi connectivity index (χ0n) is 12.5. The average Bonchev–Trinajstić information content (AvgIpc) is 2.54. The summed E-state index contributed by atoms with van der Waals surface area (Å²) >= 11 is 11.0. The highest BCUT2D eigenvalue weighted by Gasteiger charge is 2.20. The maximum atomic E-state index is 13.5. The van der Waals surface area contributed by atoms with Crippen LogP contribution in [0.4, 0.5) is 8.78 Å². The summed E-state index contributed by atoms with van der Waals surface area (Å²) in [6.45, 7) is 2.19. The van der Waals surface area contributed by atoms with Crippen molar-refractivity contribution in [3.63, 3.8) is 0 Å². The van der Waals surface area contributed by atoms with Gasteiger partial charge in [0.05, 0.1) is 11.1 Å². The van der Waals surface area contributed by atoms with Crippen LogP contribution in [0.5, 0.6) is 0 Å². The summed E-state index contributed by atoms with van der Waals surface area (Å²) in [7, 11) is 0. The largest absolute Gasteiger partial charge is 0.303 e. The Morgan fingerprint density at radius 2 is 2.00 bits per heavy atom. The summed E-state index contributed by atoms with van der Waals surface area (Å²) in [4.78, 5) is 19.0. The molecular weight excluding hydrogens is 356 g/mol. The molecule has 0 saturated heterocycles. The number of aromatic amines is 1. The van der Waals surface area contributed by atoms with E-state index in [4.69, 9.17) is 23.8 Å². The molecule has 0 radical (unpaired) electrons. The smallest absolute Gasteiger partial charge is 0.264 e. The van der Waals surface area contributed by atoms with E-state index < -0.39 is 12.0 Å². The minimum absolute atomic E-state index is 0.141. The molecule has 3 aromatic rings. The molecule has 1 aromatic carbocycles. The standard InChI is InChI=1S/C16H12ClF2N3OS/c1-2-22-14-12(15(23)21-16(22)24)10(13(18)19)7-11(20-14)8-3-5-9(17)6-4-8/h3-7,13H,2H2,1H3,(H,21,23,24). The van der Waals surface area contributed by atoms with Crippen LogP contribution in [-0.2, 0) is 6.54 Å². The van der Waals surface area contributed by atoms with Crippen molar-refractivity contribution in [1.82, 2.24) is 14.5 Å². The van der Waals surface area contributed by atoms with Gasteiger partial charge < -0.3 is 4.57 Å². The van der Waals surface area contributed by atoms with E-state index in [-0.39, 0.29) is 21.4 Å². The number of hydrogen-bond donors (Lipinski definition) is 1. The molecule has 2 aromatic heterocycles. The van der Waals surface area contributed by atoms with Crippen molar-refractivity contribution in [2.45, 2.75) is 19.9 Å². The second-order valence-corrected chi connectivity index (χ2v) is 5.93. The van der Waals surface area contributed by atoms with E-state index in [0.717, 1.165) is 0 Å². The molecule has 0 aliphatic heterocycles. The van der Waals surface area contributed by atoms with E-state index in [1.165, 1.54) is 10.6 Å². The number of nitrogens with one attached hydrogen (secondary N) is 1. The van der Waals surface area contributed by atoms with Crippen molar-refractivity contribution in [3.05, 3.63) is 56.0 Å². The molecule has 0 fully saturated rings. The molecule has 124 valence electrons. The molecule has 0 saturated carbocycles. The van der Waals surface area contributed by atoms with Crippen molar-refractivity contribution in [3.8, 4) is 11.3 Å². The summed E-state index contributed by atoms with van der Waals surface area (Å²) in [5, 5.41) is 0.389. The molecule has 0 unspecified atom stereocenters. The maximum Gasteiger partial charge on any atom is 0.264 e. The summed E-state index contributed by atoms with van der Waals surface area (Å²) in [5.74, 6) is 0. The molecule has 1 N–H and O–H groups in total. The first-order chi connectivity index (χ1) is 11.4. The Labute approximate surface area is 145 Å². The van der Waals surface area contributed by atoms with Gasteiger partial charge in [0, 0.05) is 22.7 Å². The first-order valence-electron chi connectivity index (χ1n) is 7.14. The molecule has 0 aliphatic rings. The topological polar surface area (TPSA) is 50.7 Å². The zero-order valence-corrected chi connectivity index (χ0v) is 14.1. The molecule has 2 heterocycles. The number of aromatic nitrogens is 3. The Morgan fingerprint density at radius 3 is 2.58 bits per heavy atom. The molecule has 8 heteroatoms. The van der Waals surface area contributed by atoms with Crippen molar-refractivity contribution >= 4 is 34.9 Å². The Hall–Kier alpha value is -2.12. The lowest BCUT2D eigenvalue weighted by Gasteiger charge is -2.13. The lowest BCUT2D eigenvalue weighted by Crippen LogP contribution is -2.17. The molecule has 0 aliphatic carbocycles. The van der Waals surface area contributed by atoms with E-state index in [1.54, 1.807) is 31.2 Å². The molecular formula is C16H12ClF2N3OS. The van der Waals surface area contributed by atoms with Crippen molar-refractivity contribution in [2.75, 3.05) is 0 Å². The van der Waals surface area contributed by atoms with Crippen molar-refractivity contribution < 1.29 is 8.78 Å². The van der Waals surface area contributed by atoms with Crippen LogP contribution in [-0.4, -0.2) is 14.5 Å². The van der Waals surface area contributed by atoms with Crippen LogP contribution in [0.2, 0.25) is 5.02 Å². The fraction of sp³-hybridized carbons (Fsp3) is 0.188. The molecule has 24 heavy (non-hydrogen) atoms. The van der Waals surface area contributed by atoms with Gasteiger partial charge in [-0.15, -0.1) is 0 Å². The number of benzene rings is 1. The lowest BCUT2D eigenvalue weighted by atomic mass is 10.1. The van der Waals surface area contributed by atoms with Gasteiger partial charge in [0.1, 0.15) is 5.65 Å². The average molecular weight is 368 g/mol. The van der Waals surface area contributed by atoms with Gasteiger partial charge in [0.25, 0.3) is 12.0 Å². The fourth-order valence-corrected chi connectivity index (χ4v) is 2.97. The van der Waals surface area contributed by atoms with Gasteiger partial charge in [-0.2, -0.15) is 0 Å². The van der Waals surface area contributed by atoms with Crippen LogP contribution in [0, 0.1) is 4.77 Å². The normalized spacial score (nSPS) is 11.4. The monoisotopic (exact) mass is 367 g/mol. The first kappa shape index (κ1) is 16.7. The number of nitrogens with zero attached hydrogens (tertiary/aromatic N) is 2. The van der Waals surface area contributed by atoms with Gasteiger partial charge in [0.15, 0.2) is 4.77 Å². The maximum absolute atomic E-state index is 13.5. The van der Waals surface area contributed by atoms with E-state index in [2.05, 4.69) is 9.97 Å². The Kier molecular flexibility index (Phi) is 4.47. The van der Waals surface area contributed by atoms with E-state index in [1.807, 2.05) is 0 Å². The number of rotatable bonds is 3. The van der Waals surface area contributed by atoms with Gasteiger partial charge in [0.2, 0.25) is 0 Å². The first-order valence-corrected chi connectivity index (χ1v) is 7.93. The van der Waals surface area contributed by atoms with Gasteiger partial charge in [-0.25, -0.2) is 13.8 Å². The SMILES string of the molecule is CCn1c(=S)[nH]c(=O)c2c(C(F)F)cc(-c3ccc(Cl)cc3)nc21. The van der Waals surface area contributed by atoms with E-state index in [9.17, 15) is 13.6 Å². The number of H-pyrrole nitrogens is 1. The zero-order chi connectivity index (χ0) is 17.4. The van der Waals surface area contributed by atoms with Gasteiger partial charge in [-0.1, -0.05) is 23.7 Å². The molecule has 0 atom stereocenters. The van der Waals surface area contributed by atoms with Crippen LogP contribution in [0.25, 0.3) is 22.3 Å². The highest BCUT2D eigenvalue weighted by molar-refractivity contribution is 7.71. The summed E-state index contributed by atoms with van der Waals surface area (Å²) in [6, 6.07) is 7.89. The van der Waals surface area contributed by atoms with Crippen LogP contribution >= 0.6 is 23.8 Å². The molecule has 3 rings (SSSR count). The van der Waals surface area contributed by atoms with Gasteiger partial charge in [-0.3, -0.25) is 9.78 Å². The molecule has 4 nitrogen and oxygen atoms in total. The lowest BCUT2D eigenvalue weighted by molar-refractivity contribution is 0.153. The van der Waals surface area contributed by atoms with Crippen molar-refractivity contribution in [2.24, 2.45) is 0 Å². The number of fused-ring (bicyclic) bond motifs is 1.